The second-order valence-electron chi connectivity index (χ2n) is 6.91. The van der Waals surface area contributed by atoms with Gasteiger partial charge in [0.1, 0.15) is 0 Å². The fraction of sp³-hybridized carbons (Fsp3) is 0.333. The molecule has 2 aromatic carbocycles. The lowest BCUT2D eigenvalue weighted by Gasteiger charge is -2.23. The third-order valence-electron chi connectivity index (χ3n) is 4.85. The topological polar surface area (TPSA) is 84.2 Å². The van der Waals surface area contributed by atoms with Gasteiger partial charge in [0, 0.05) is 28.5 Å². The Bertz CT molecular complexity index is 800. The van der Waals surface area contributed by atoms with E-state index in [9.17, 15) is 9.59 Å². The Labute approximate surface area is 166 Å². The molecule has 0 spiro atoms. The molecule has 1 saturated carbocycles. The highest BCUT2D eigenvalue weighted by Gasteiger charge is 2.17. The van der Waals surface area contributed by atoms with Crippen LogP contribution < -0.4 is 16.4 Å². The molecule has 2 amide bonds. The van der Waals surface area contributed by atoms with Gasteiger partial charge in [-0.25, -0.2) is 0 Å². The van der Waals surface area contributed by atoms with Gasteiger partial charge in [0.15, 0.2) is 0 Å². The SMILES string of the molecule is Cc1cc(C(=O)NC2CCCCC2)ccc1NC(=O)c1ccc(N)cc1.Cl. The molecule has 1 fully saturated rings. The Kier molecular flexibility index (Phi) is 7.25. The van der Waals surface area contributed by atoms with Crippen molar-refractivity contribution in [1.29, 1.82) is 0 Å². The fourth-order valence-electron chi connectivity index (χ4n) is 3.29. The Morgan fingerprint density at radius 1 is 0.926 bits per heavy atom. The Balaban J connectivity index is 0.00000261. The molecular weight excluding hydrogens is 362 g/mol. The molecule has 0 bridgehead atoms. The monoisotopic (exact) mass is 387 g/mol. The van der Waals surface area contributed by atoms with Crippen LogP contribution in [0.2, 0.25) is 0 Å². The zero-order valence-corrected chi connectivity index (χ0v) is 16.3. The van der Waals surface area contributed by atoms with Crippen LogP contribution >= 0.6 is 12.4 Å². The number of hydrogen-bond donors (Lipinski definition) is 3. The van der Waals surface area contributed by atoms with Crippen LogP contribution in [0.1, 0.15) is 58.4 Å². The van der Waals surface area contributed by atoms with Crippen molar-refractivity contribution < 1.29 is 9.59 Å². The molecule has 144 valence electrons. The van der Waals surface area contributed by atoms with Crippen LogP contribution in [-0.4, -0.2) is 17.9 Å². The average Bonchev–Trinajstić information content (AvgIpc) is 2.64. The first-order chi connectivity index (χ1) is 12.5. The highest BCUT2D eigenvalue weighted by atomic mass is 35.5. The van der Waals surface area contributed by atoms with Crippen molar-refractivity contribution in [3.05, 3.63) is 59.2 Å². The summed E-state index contributed by atoms with van der Waals surface area (Å²) in [5.74, 6) is -0.246. The average molecular weight is 388 g/mol. The van der Waals surface area contributed by atoms with Gasteiger partial charge in [0.25, 0.3) is 11.8 Å². The second kappa shape index (κ2) is 9.42. The minimum Gasteiger partial charge on any atom is -0.399 e. The molecule has 0 heterocycles. The molecule has 0 aromatic heterocycles. The number of carbonyl (C=O) groups is 2. The van der Waals surface area contributed by atoms with Crippen molar-refractivity contribution in [1.82, 2.24) is 5.32 Å². The normalized spacial score (nSPS) is 14.1. The number of amides is 2. The highest BCUT2D eigenvalue weighted by Crippen LogP contribution is 2.20. The molecule has 1 aliphatic rings. The molecule has 4 N–H and O–H groups in total. The van der Waals surface area contributed by atoms with E-state index < -0.39 is 0 Å². The number of rotatable bonds is 4. The minimum atomic E-state index is -0.201. The number of nitrogen functional groups attached to an aromatic ring is 1. The van der Waals surface area contributed by atoms with Crippen LogP contribution in [-0.2, 0) is 0 Å². The third-order valence-corrected chi connectivity index (χ3v) is 4.85. The first kappa shape index (κ1) is 20.8. The maximum Gasteiger partial charge on any atom is 0.255 e. The molecule has 0 saturated heterocycles. The van der Waals surface area contributed by atoms with Crippen LogP contribution in [0.3, 0.4) is 0 Å². The van der Waals surface area contributed by atoms with Gasteiger partial charge in [-0.1, -0.05) is 19.3 Å². The number of carbonyl (C=O) groups excluding carboxylic acids is 2. The first-order valence-electron chi connectivity index (χ1n) is 9.11. The fourth-order valence-corrected chi connectivity index (χ4v) is 3.29. The highest BCUT2D eigenvalue weighted by molar-refractivity contribution is 6.05. The molecule has 0 aliphatic heterocycles. The number of hydrogen-bond acceptors (Lipinski definition) is 3. The summed E-state index contributed by atoms with van der Waals surface area (Å²) in [6.45, 7) is 1.88. The van der Waals surface area contributed by atoms with Gasteiger partial charge in [-0.15, -0.1) is 12.4 Å². The van der Waals surface area contributed by atoms with Gasteiger partial charge in [0.2, 0.25) is 0 Å². The van der Waals surface area contributed by atoms with Crippen molar-refractivity contribution in [2.45, 2.75) is 45.1 Å². The standard InChI is InChI=1S/C21H25N3O2.ClH/c1-14-13-16(21(26)23-18-5-3-2-4-6-18)9-12-19(14)24-20(25)15-7-10-17(22)11-8-15;/h7-13,18H,2-6,22H2,1H3,(H,23,26)(H,24,25);1H. The number of nitrogens with one attached hydrogen (secondary N) is 2. The molecule has 0 atom stereocenters. The molecule has 5 nitrogen and oxygen atoms in total. The summed E-state index contributed by atoms with van der Waals surface area (Å²) in [6.07, 6.45) is 5.73. The van der Waals surface area contributed by atoms with Gasteiger partial charge in [-0.3, -0.25) is 9.59 Å². The molecular formula is C21H26ClN3O2. The largest absolute Gasteiger partial charge is 0.399 e. The third kappa shape index (κ3) is 5.47. The van der Waals surface area contributed by atoms with Crippen LogP contribution in [0.4, 0.5) is 11.4 Å². The summed E-state index contributed by atoms with van der Waals surface area (Å²) in [4.78, 5) is 24.8. The van der Waals surface area contributed by atoms with E-state index in [1.165, 1.54) is 19.3 Å². The number of anilines is 2. The smallest absolute Gasteiger partial charge is 0.255 e. The zero-order valence-electron chi connectivity index (χ0n) is 15.5. The van der Waals surface area contributed by atoms with E-state index in [2.05, 4.69) is 10.6 Å². The Morgan fingerprint density at radius 3 is 2.19 bits per heavy atom. The molecule has 27 heavy (non-hydrogen) atoms. The van der Waals surface area contributed by atoms with Crippen LogP contribution in [0.15, 0.2) is 42.5 Å². The molecule has 0 radical (unpaired) electrons. The summed E-state index contributed by atoms with van der Waals surface area (Å²) >= 11 is 0. The van der Waals surface area contributed by atoms with Crippen molar-refractivity contribution in [3.8, 4) is 0 Å². The Morgan fingerprint density at radius 2 is 1.56 bits per heavy atom. The van der Waals surface area contributed by atoms with Crippen LogP contribution in [0, 0.1) is 6.92 Å². The lowest BCUT2D eigenvalue weighted by molar-refractivity contribution is 0.0927. The maximum absolute atomic E-state index is 12.4. The van der Waals surface area contributed by atoms with Crippen molar-refractivity contribution >= 4 is 35.6 Å². The van der Waals surface area contributed by atoms with Gasteiger partial charge in [0.05, 0.1) is 0 Å². The summed E-state index contributed by atoms with van der Waals surface area (Å²) in [5.41, 5.74) is 8.97. The molecule has 3 rings (SSSR count). The minimum absolute atomic E-state index is 0. The Hall–Kier alpha value is -2.53. The molecule has 2 aromatic rings. The van der Waals surface area contributed by atoms with E-state index >= 15 is 0 Å². The van der Waals surface area contributed by atoms with E-state index in [4.69, 9.17) is 5.73 Å². The van der Waals surface area contributed by atoms with E-state index in [1.54, 1.807) is 36.4 Å². The van der Waals surface area contributed by atoms with Crippen molar-refractivity contribution in [3.63, 3.8) is 0 Å². The lowest BCUT2D eigenvalue weighted by Crippen LogP contribution is -2.36. The maximum atomic E-state index is 12.4. The van der Waals surface area contributed by atoms with Crippen LogP contribution in [0.25, 0.3) is 0 Å². The van der Waals surface area contributed by atoms with Crippen molar-refractivity contribution in [2.24, 2.45) is 0 Å². The van der Waals surface area contributed by atoms with Gasteiger partial charge >= 0.3 is 0 Å². The number of aryl methyl sites for hydroxylation is 1. The van der Waals surface area contributed by atoms with Crippen molar-refractivity contribution in [2.75, 3.05) is 11.1 Å². The predicted molar refractivity (Wildman–Crippen MR) is 112 cm³/mol. The molecule has 6 heteroatoms. The number of nitrogens with two attached hydrogens (primary N) is 1. The van der Waals surface area contributed by atoms with Crippen LogP contribution in [0.5, 0.6) is 0 Å². The summed E-state index contributed by atoms with van der Waals surface area (Å²) in [7, 11) is 0. The molecule has 0 unspecified atom stereocenters. The molecule has 1 aliphatic carbocycles. The number of benzene rings is 2. The van der Waals surface area contributed by atoms with E-state index in [-0.39, 0.29) is 30.3 Å². The van der Waals surface area contributed by atoms with E-state index in [0.29, 0.717) is 22.5 Å². The quantitative estimate of drug-likeness (QED) is 0.683. The van der Waals surface area contributed by atoms with Gasteiger partial charge in [-0.2, -0.15) is 0 Å². The van der Waals surface area contributed by atoms with E-state index in [0.717, 1.165) is 18.4 Å². The van der Waals surface area contributed by atoms with E-state index in [1.807, 2.05) is 13.0 Å². The summed E-state index contributed by atoms with van der Waals surface area (Å²) in [5, 5.41) is 6.00. The summed E-state index contributed by atoms with van der Waals surface area (Å²) < 4.78 is 0. The van der Waals surface area contributed by atoms with Gasteiger partial charge in [-0.05, 0) is 67.8 Å². The first-order valence-corrected chi connectivity index (χ1v) is 9.11. The predicted octanol–water partition coefficient (Wildman–Crippen LogP) is 4.31. The number of halogens is 1. The zero-order chi connectivity index (χ0) is 18.5. The van der Waals surface area contributed by atoms with Gasteiger partial charge < -0.3 is 16.4 Å². The summed E-state index contributed by atoms with van der Waals surface area (Å²) in [6, 6.07) is 12.4. The lowest BCUT2D eigenvalue weighted by atomic mass is 9.95. The second-order valence-corrected chi connectivity index (χ2v) is 6.91.